The van der Waals surface area contributed by atoms with Crippen molar-refractivity contribution in [1.82, 2.24) is 15.5 Å². The van der Waals surface area contributed by atoms with Gasteiger partial charge >= 0.3 is 0 Å². The van der Waals surface area contributed by atoms with Gasteiger partial charge in [-0.25, -0.2) is 4.99 Å². The highest BCUT2D eigenvalue weighted by Gasteiger charge is 2.15. The fourth-order valence-corrected chi connectivity index (χ4v) is 3.71. The number of nitrogens with zero attached hydrogens (tertiary/aromatic N) is 2. The number of hydrogen-bond acceptors (Lipinski definition) is 4. The van der Waals surface area contributed by atoms with Crippen molar-refractivity contribution in [3.63, 3.8) is 0 Å². The van der Waals surface area contributed by atoms with Crippen molar-refractivity contribution in [1.29, 1.82) is 0 Å². The summed E-state index contributed by atoms with van der Waals surface area (Å²) in [5.41, 5.74) is 1.12. The molecule has 2 heterocycles. The number of guanidine groups is 1. The number of rotatable bonds is 8. The monoisotopic (exact) mass is 502 g/mol. The van der Waals surface area contributed by atoms with E-state index in [9.17, 15) is 0 Å². The fraction of sp³-hybridized carbons (Fsp3) is 0.667. The summed E-state index contributed by atoms with van der Waals surface area (Å²) in [5, 5.41) is 6.78. The molecule has 0 amide bonds. The molecular formula is C21H35IN4O2. The summed E-state index contributed by atoms with van der Waals surface area (Å²) in [6.07, 6.45) is 5.15. The van der Waals surface area contributed by atoms with Gasteiger partial charge in [0.05, 0.1) is 6.54 Å². The van der Waals surface area contributed by atoms with Crippen LogP contribution in [-0.4, -0.2) is 50.4 Å². The zero-order valence-electron chi connectivity index (χ0n) is 17.2. The standard InChI is InChI=1S/C21H34N4O2.HI/c1-3-22-21(23-10-4-5-11-25-12-6-7-17(2)15-25)24-14-18-8-9-19-20(13-18)27-16-26-19;/h8-9,13,17H,3-7,10-12,14-16H2,1-2H3,(H2,22,23,24);1H. The lowest BCUT2D eigenvalue weighted by Gasteiger charge is -2.30. The number of piperidine rings is 1. The van der Waals surface area contributed by atoms with Gasteiger partial charge in [0.15, 0.2) is 17.5 Å². The Labute approximate surface area is 186 Å². The maximum atomic E-state index is 5.44. The van der Waals surface area contributed by atoms with E-state index in [0.717, 1.165) is 42.0 Å². The molecule has 0 radical (unpaired) electrons. The van der Waals surface area contributed by atoms with Crippen molar-refractivity contribution in [3.8, 4) is 11.5 Å². The van der Waals surface area contributed by atoms with E-state index in [0.29, 0.717) is 13.3 Å². The molecule has 158 valence electrons. The number of unbranched alkanes of at least 4 members (excludes halogenated alkanes) is 1. The smallest absolute Gasteiger partial charge is 0.231 e. The van der Waals surface area contributed by atoms with Crippen LogP contribution < -0.4 is 20.1 Å². The Hall–Kier alpha value is -1.22. The topological polar surface area (TPSA) is 58.1 Å². The van der Waals surface area contributed by atoms with E-state index in [-0.39, 0.29) is 24.0 Å². The van der Waals surface area contributed by atoms with E-state index in [4.69, 9.17) is 14.5 Å². The van der Waals surface area contributed by atoms with Crippen LogP contribution in [-0.2, 0) is 6.54 Å². The zero-order valence-corrected chi connectivity index (χ0v) is 19.5. The normalized spacial score (nSPS) is 19.2. The molecule has 0 aromatic heterocycles. The van der Waals surface area contributed by atoms with E-state index in [2.05, 4.69) is 29.4 Å². The Morgan fingerprint density at radius 1 is 1.21 bits per heavy atom. The van der Waals surface area contributed by atoms with Crippen LogP contribution in [0.15, 0.2) is 23.2 Å². The van der Waals surface area contributed by atoms with Crippen LogP contribution in [0, 0.1) is 5.92 Å². The average molecular weight is 502 g/mol. The van der Waals surface area contributed by atoms with Crippen LogP contribution in [0.2, 0.25) is 0 Å². The van der Waals surface area contributed by atoms with Crippen molar-refractivity contribution < 1.29 is 9.47 Å². The van der Waals surface area contributed by atoms with Crippen LogP contribution in [0.1, 0.15) is 45.1 Å². The number of benzene rings is 1. The molecule has 1 aromatic rings. The number of hydrogen-bond donors (Lipinski definition) is 2. The van der Waals surface area contributed by atoms with Gasteiger partial charge in [-0.15, -0.1) is 24.0 Å². The number of likely N-dealkylation sites (tertiary alicyclic amines) is 1. The molecule has 1 atom stereocenters. The van der Waals surface area contributed by atoms with Gasteiger partial charge in [-0.05, 0) is 69.3 Å². The first-order valence-electron chi connectivity index (χ1n) is 10.4. The van der Waals surface area contributed by atoms with Gasteiger partial charge in [0.25, 0.3) is 0 Å². The number of nitrogens with one attached hydrogen (secondary N) is 2. The molecular weight excluding hydrogens is 467 g/mol. The minimum atomic E-state index is 0. The number of ether oxygens (including phenoxy) is 2. The molecule has 0 saturated carbocycles. The molecule has 28 heavy (non-hydrogen) atoms. The summed E-state index contributed by atoms with van der Waals surface area (Å²) >= 11 is 0. The largest absolute Gasteiger partial charge is 0.454 e. The van der Waals surface area contributed by atoms with E-state index in [1.54, 1.807) is 0 Å². The Morgan fingerprint density at radius 3 is 2.89 bits per heavy atom. The van der Waals surface area contributed by atoms with Crippen LogP contribution in [0.25, 0.3) is 0 Å². The van der Waals surface area contributed by atoms with Gasteiger partial charge in [0, 0.05) is 19.6 Å². The third kappa shape index (κ3) is 7.31. The Balaban J connectivity index is 0.00000280. The van der Waals surface area contributed by atoms with E-state index in [1.807, 2.05) is 18.2 Å². The minimum absolute atomic E-state index is 0. The Bertz CT molecular complexity index is 626. The van der Waals surface area contributed by atoms with E-state index < -0.39 is 0 Å². The van der Waals surface area contributed by atoms with Gasteiger partial charge in [-0.2, -0.15) is 0 Å². The highest BCUT2D eigenvalue weighted by Crippen LogP contribution is 2.32. The van der Waals surface area contributed by atoms with Crippen LogP contribution in [0.4, 0.5) is 0 Å². The lowest BCUT2D eigenvalue weighted by Crippen LogP contribution is -2.38. The highest BCUT2D eigenvalue weighted by molar-refractivity contribution is 14.0. The second kappa shape index (κ2) is 12.4. The molecule has 7 heteroatoms. The van der Waals surface area contributed by atoms with Gasteiger partial charge in [-0.1, -0.05) is 13.0 Å². The number of aliphatic imine (C=N–C) groups is 1. The third-order valence-corrected chi connectivity index (χ3v) is 5.14. The second-order valence-electron chi connectivity index (χ2n) is 7.56. The van der Waals surface area contributed by atoms with E-state index >= 15 is 0 Å². The first-order valence-corrected chi connectivity index (χ1v) is 10.4. The molecule has 3 rings (SSSR count). The number of halogens is 1. The molecule has 0 bridgehead atoms. The first kappa shape index (κ1) is 23.1. The molecule has 2 aliphatic rings. The molecule has 1 aromatic carbocycles. The molecule has 0 aliphatic carbocycles. The average Bonchev–Trinajstić information content (AvgIpc) is 3.13. The van der Waals surface area contributed by atoms with Crippen molar-refractivity contribution in [2.45, 2.75) is 46.1 Å². The zero-order chi connectivity index (χ0) is 18.9. The van der Waals surface area contributed by atoms with Gasteiger partial charge < -0.3 is 25.0 Å². The van der Waals surface area contributed by atoms with Gasteiger partial charge in [0.1, 0.15) is 0 Å². The SMILES string of the molecule is CCNC(=NCc1ccc2c(c1)OCO2)NCCCCN1CCCC(C)C1.I. The minimum Gasteiger partial charge on any atom is -0.454 e. The van der Waals surface area contributed by atoms with E-state index in [1.165, 1.54) is 45.3 Å². The summed E-state index contributed by atoms with van der Waals surface area (Å²) in [7, 11) is 0. The predicted octanol–water partition coefficient (Wildman–Crippen LogP) is 3.60. The lowest BCUT2D eigenvalue weighted by molar-refractivity contribution is 0.174. The molecule has 0 spiro atoms. The molecule has 2 aliphatic heterocycles. The lowest BCUT2D eigenvalue weighted by atomic mass is 10.0. The van der Waals surface area contributed by atoms with Crippen LogP contribution in [0.5, 0.6) is 11.5 Å². The van der Waals surface area contributed by atoms with Crippen LogP contribution >= 0.6 is 24.0 Å². The molecule has 1 saturated heterocycles. The highest BCUT2D eigenvalue weighted by atomic mass is 127. The first-order chi connectivity index (χ1) is 13.2. The molecule has 6 nitrogen and oxygen atoms in total. The Kier molecular flexibility index (Phi) is 10.2. The predicted molar refractivity (Wildman–Crippen MR) is 125 cm³/mol. The number of fused-ring (bicyclic) bond motifs is 1. The molecule has 1 unspecified atom stereocenters. The fourth-order valence-electron chi connectivity index (χ4n) is 3.71. The molecule has 1 fully saturated rings. The third-order valence-electron chi connectivity index (χ3n) is 5.14. The maximum absolute atomic E-state index is 5.44. The second-order valence-corrected chi connectivity index (χ2v) is 7.56. The Morgan fingerprint density at radius 2 is 2.07 bits per heavy atom. The summed E-state index contributed by atoms with van der Waals surface area (Å²) in [4.78, 5) is 7.31. The van der Waals surface area contributed by atoms with Gasteiger partial charge in [0.2, 0.25) is 6.79 Å². The van der Waals surface area contributed by atoms with Crippen molar-refractivity contribution >= 4 is 29.9 Å². The van der Waals surface area contributed by atoms with Gasteiger partial charge in [-0.3, -0.25) is 0 Å². The quantitative estimate of drug-likeness (QED) is 0.246. The summed E-state index contributed by atoms with van der Waals surface area (Å²) in [6.45, 7) is 11.0. The van der Waals surface area contributed by atoms with Crippen molar-refractivity contribution in [3.05, 3.63) is 23.8 Å². The summed E-state index contributed by atoms with van der Waals surface area (Å²) in [5.74, 6) is 3.37. The van der Waals surface area contributed by atoms with Crippen molar-refractivity contribution in [2.24, 2.45) is 10.9 Å². The van der Waals surface area contributed by atoms with Crippen molar-refractivity contribution in [2.75, 3.05) is 39.5 Å². The summed E-state index contributed by atoms with van der Waals surface area (Å²) in [6, 6.07) is 6.00. The molecule has 2 N–H and O–H groups in total. The van der Waals surface area contributed by atoms with Crippen LogP contribution in [0.3, 0.4) is 0 Å². The maximum Gasteiger partial charge on any atom is 0.231 e. The summed E-state index contributed by atoms with van der Waals surface area (Å²) < 4.78 is 10.8.